The number of carbonyl (C=O) groups is 2. The van der Waals surface area contributed by atoms with Crippen molar-refractivity contribution >= 4 is 11.6 Å². The van der Waals surface area contributed by atoms with E-state index in [0.717, 1.165) is 0 Å². The molecule has 2 nitrogen and oxygen atoms in total. The highest BCUT2D eigenvalue weighted by molar-refractivity contribution is 5.80. The highest BCUT2D eigenvalue weighted by atomic mass is 16.1. The predicted molar refractivity (Wildman–Crippen MR) is 48.9 cm³/mol. The van der Waals surface area contributed by atoms with Crippen LogP contribution in [0.4, 0.5) is 0 Å². The minimum atomic E-state index is 0.0638. The van der Waals surface area contributed by atoms with E-state index >= 15 is 0 Å². The molecule has 1 atom stereocenters. The molecule has 70 valence electrons. The van der Waals surface area contributed by atoms with E-state index in [2.05, 4.69) is 0 Å². The summed E-state index contributed by atoms with van der Waals surface area (Å²) in [4.78, 5) is 21.8. The third kappa shape index (κ3) is 4.27. The topological polar surface area (TPSA) is 34.1 Å². The number of hydrogen-bond acceptors (Lipinski definition) is 2. The van der Waals surface area contributed by atoms with Crippen LogP contribution in [0.25, 0.3) is 0 Å². The van der Waals surface area contributed by atoms with Gasteiger partial charge in [0.05, 0.1) is 0 Å². The maximum absolute atomic E-state index is 11.1. The summed E-state index contributed by atoms with van der Waals surface area (Å²) in [5.41, 5.74) is 0. The van der Waals surface area contributed by atoms with Gasteiger partial charge in [-0.15, -0.1) is 0 Å². The van der Waals surface area contributed by atoms with Gasteiger partial charge < -0.3 is 4.79 Å². The molecule has 0 aliphatic heterocycles. The number of carbonyl (C=O) groups excluding carboxylic acids is 2. The fourth-order valence-electron chi connectivity index (χ4n) is 1.36. The SMILES string of the molecule is CC(=O)CCC(C(C)=O)C(C)C. The van der Waals surface area contributed by atoms with Crippen LogP contribution in [0.2, 0.25) is 0 Å². The van der Waals surface area contributed by atoms with Crippen molar-refractivity contribution in [2.75, 3.05) is 0 Å². The van der Waals surface area contributed by atoms with Gasteiger partial charge in [0.2, 0.25) is 0 Å². The van der Waals surface area contributed by atoms with Crippen molar-refractivity contribution in [1.29, 1.82) is 0 Å². The molecular formula is C10H18O2. The van der Waals surface area contributed by atoms with Gasteiger partial charge in [-0.2, -0.15) is 0 Å². The minimum Gasteiger partial charge on any atom is -0.300 e. The molecule has 0 aliphatic rings. The van der Waals surface area contributed by atoms with Gasteiger partial charge in [0.1, 0.15) is 11.6 Å². The Morgan fingerprint density at radius 1 is 1.17 bits per heavy atom. The zero-order valence-electron chi connectivity index (χ0n) is 8.39. The fraction of sp³-hybridized carbons (Fsp3) is 0.800. The van der Waals surface area contributed by atoms with Gasteiger partial charge in [0.15, 0.2) is 0 Å². The average Bonchev–Trinajstić information content (AvgIpc) is 1.84. The molecule has 0 bridgehead atoms. The molecule has 1 unspecified atom stereocenters. The lowest BCUT2D eigenvalue weighted by atomic mass is 9.87. The average molecular weight is 170 g/mol. The van der Waals surface area contributed by atoms with Crippen molar-refractivity contribution in [2.45, 2.75) is 40.5 Å². The minimum absolute atomic E-state index is 0.0638. The van der Waals surface area contributed by atoms with E-state index < -0.39 is 0 Å². The van der Waals surface area contributed by atoms with Gasteiger partial charge in [-0.05, 0) is 26.2 Å². The van der Waals surface area contributed by atoms with Crippen LogP contribution in [-0.2, 0) is 9.59 Å². The summed E-state index contributed by atoms with van der Waals surface area (Å²) in [7, 11) is 0. The van der Waals surface area contributed by atoms with Crippen molar-refractivity contribution in [3.8, 4) is 0 Å². The smallest absolute Gasteiger partial charge is 0.133 e. The third-order valence-corrected chi connectivity index (χ3v) is 2.13. The Hall–Kier alpha value is -0.660. The van der Waals surface area contributed by atoms with Crippen LogP contribution in [0.3, 0.4) is 0 Å². The van der Waals surface area contributed by atoms with E-state index in [9.17, 15) is 9.59 Å². The molecule has 0 spiro atoms. The van der Waals surface area contributed by atoms with Crippen LogP contribution < -0.4 is 0 Å². The number of ketones is 2. The summed E-state index contributed by atoms with van der Waals surface area (Å²) in [6, 6.07) is 0. The van der Waals surface area contributed by atoms with Gasteiger partial charge in [0, 0.05) is 12.3 Å². The quantitative estimate of drug-likeness (QED) is 0.634. The van der Waals surface area contributed by atoms with E-state index in [1.165, 1.54) is 0 Å². The second kappa shape index (κ2) is 5.07. The highest BCUT2D eigenvalue weighted by Crippen LogP contribution is 2.18. The maximum Gasteiger partial charge on any atom is 0.133 e. The van der Waals surface area contributed by atoms with Crippen molar-refractivity contribution in [3.05, 3.63) is 0 Å². The van der Waals surface area contributed by atoms with Gasteiger partial charge in [-0.3, -0.25) is 4.79 Å². The summed E-state index contributed by atoms with van der Waals surface area (Å²) >= 11 is 0. The van der Waals surface area contributed by atoms with Crippen molar-refractivity contribution in [2.24, 2.45) is 11.8 Å². The molecule has 0 saturated heterocycles. The molecule has 0 aromatic rings. The van der Waals surface area contributed by atoms with Crippen LogP contribution in [0.5, 0.6) is 0 Å². The zero-order valence-corrected chi connectivity index (χ0v) is 8.39. The van der Waals surface area contributed by atoms with E-state index in [4.69, 9.17) is 0 Å². The summed E-state index contributed by atoms with van der Waals surface area (Å²) in [6.45, 7) is 7.21. The van der Waals surface area contributed by atoms with E-state index in [0.29, 0.717) is 18.8 Å². The van der Waals surface area contributed by atoms with Gasteiger partial charge in [-0.25, -0.2) is 0 Å². The Morgan fingerprint density at radius 3 is 1.92 bits per heavy atom. The monoisotopic (exact) mass is 170 g/mol. The van der Waals surface area contributed by atoms with Gasteiger partial charge in [0.25, 0.3) is 0 Å². The van der Waals surface area contributed by atoms with Crippen molar-refractivity contribution in [3.63, 3.8) is 0 Å². The number of rotatable bonds is 5. The molecule has 0 fully saturated rings. The molecule has 12 heavy (non-hydrogen) atoms. The van der Waals surface area contributed by atoms with Crippen molar-refractivity contribution in [1.82, 2.24) is 0 Å². The van der Waals surface area contributed by atoms with Crippen molar-refractivity contribution < 1.29 is 9.59 Å². The van der Waals surface area contributed by atoms with Crippen LogP contribution in [0.15, 0.2) is 0 Å². The first kappa shape index (κ1) is 11.3. The molecule has 0 heterocycles. The van der Waals surface area contributed by atoms with Crippen LogP contribution >= 0.6 is 0 Å². The first-order valence-corrected chi connectivity index (χ1v) is 4.45. The molecule has 0 saturated carbocycles. The molecule has 0 aromatic heterocycles. The first-order chi connectivity index (χ1) is 5.45. The Morgan fingerprint density at radius 2 is 1.67 bits per heavy atom. The molecule has 0 radical (unpaired) electrons. The Balaban J connectivity index is 3.97. The lowest BCUT2D eigenvalue weighted by Crippen LogP contribution is -2.18. The van der Waals surface area contributed by atoms with E-state index in [1.807, 2.05) is 13.8 Å². The summed E-state index contributed by atoms with van der Waals surface area (Å²) in [5.74, 6) is 0.781. The zero-order chi connectivity index (χ0) is 9.72. The predicted octanol–water partition coefficient (Wildman–Crippen LogP) is 2.22. The molecule has 0 aromatic carbocycles. The molecule has 0 amide bonds. The standard InChI is InChI=1S/C10H18O2/c1-7(2)10(9(4)12)6-5-8(3)11/h7,10H,5-6H2,1-4H3. The second-order valence-electron chi connectivity index (χ2n) is 3.70. The van der Waals surface area contributed by atoms with Gasteiger partial charge in [-0.1, -0.05) is 13.8 Å². The Labute approximate surface area is 74.3 Å². The van der Waals surface area contributed by atoms with Gasteiger partial charge >= 0.3 is 0 Å². The van der Waals surface area contributed by atoms with E-state index in [-0.39, 0.29) is 17.5 Å². The molecule has 0 N–H and O–H groups in total. The lowest BCUT2D eigenvalue weighted by Gasteiger charge is -2.16. The number of hydrogen-bond donors (Lipinski definition) is 0. The number of Topliss-reactive ketones (excluding diaryl/α,β-unsaturated/α-hetero) is 2. The molecular weight excluding hydrogens is 152 g/mol. The van der Waals surface area contributed by atoms with Crippen LogP contribution in [0, 0.1) is 11.8 Å². The Kier molecular flexibility index (Phi) is 4.79. The lowest BCUT2D eigenvalue weighted by molar-refractivity contribution is -0.122. The summed E-state index contributed by atoms with van der Waals surface area (Å²) < 4.78 is 0. The highest BCUT2D eigenvalue weighted by Gasteiger charge is 2.18. The fourth-order valence-corrected chi connectivity index (χ4v) is 1.36. The first-order valence-electron chi connectivity index (χ1n) is 4.45. The molecule has 2 heteroatoms. The second-order valence-corrected chi connectivity index (χ2v) is 3.70. The maximum atomic E-state index is 11.1. The summed E-state index contributed by atoms with van der Waals surface area (Å²) in [6.07, 6.45) is 1.24. The molecule has 0 aliphatic carbocycles. The van der Waals surface area contributed by atoms with Crippen LogP contribution in [0.1, 0.15) is 40.5 Å². The van der Waals surface area contributed by atoms with E-state index in [1.54, 1.807) is 13.8 Å². The molecule has 0 rings (SSSR count). The summed E-state index contributed by atoms with van der Waals surface area (Å²) in [5, 5.41) is 0. The third-order valence-electron chi connectivity index (χ3n) is 2.13. The largest absolute Gasteiger partial charge is 0.300 e. The Bertz CT molecular complexity index is 171. The van der Waals surface area contributed by atoms with Crippen LogP contribution in [-0.4, -0.2) is 11.6 Å². The normalized spacial score (nSPS) is 13.1.